The number of rotatable bonds is 6. The molecule has 0 saturated carbocycles. The van der Waals surface area contributed by atoms with Crippen molar-refractivity contribution < 1.29 is 19.5 Å². The fourth-order valence-electron chi connectivity index (χ4n) is 3.38. The third-order valence-electron chi connectivity index (χ3n) is 4.84. The van der Waals surface area contributed by atoms with Gasteiger partial charge in [0, 0.05) is 24.1 Å². The number of anilines is 1. The van der Waals surface area contributed by atoms with Gasteiger partial charge in [-0.1, -0.05) is 6.07 Å². The molecule has 10 nitrogen and oxygen atoms in total. The minimum absolute atomic E-state index is 0.0211. The Labute approximate surface area is 170 Å². The maximum atomic E-state index is 12.7. The van der Waals surface area contributed by atoms with Gasteiger partial charge in [0.25, 0.3) is 5.91 Å². The van der Waals surface area contributed by atoms with Gasteiger partial charge in [0.2, 0.25) is 5.91 Å². The summed E-state index contributed by atoms with van der Waals surface area (Å²) >= 11 is 0. The van der Waals surface area contributed by atoms with Crippen molar-refractivity contribution in [3.63, 3.8) is 0 Å². The van der Waals surface area contributed by atoms with Crippen molar-refractivity contribution in [3.8, 4) is 23.4 Å². The van der Waals surface area contributed by atoms with Crippen molar-refractivity contribution in [1.29, 1.82) is 10.5 Å². The maximum absolute atomic E-state index is 12.7. The Morgan fingerprint density at radius 3 is 2.53 bits per heavy atom. The molecule has 1 aliphatic rings. The van der Waals surface area contributed by atoms with Gasteiger partial charge in [-0.3, -0.25) is 14.4 Å². The summed E-state index contributed by atoms with van der Waals surface area (Å²) in [6.07, 6.45) is -0.400. The maximum Gasteiger partial charge on any atom is 0.303 e. The zero-order valence-corrected chi connectivity index (χ0v) is 15.6. The highest BCUT2D eigenvalue weighted by Gasteiger charge is 2.35. The Morgan fingerprint density at radius 1 is 1.23 bits per heavy atom. The molecule has 0 radical (unpaired) electrons. The molecule has 1 aromatic heterocycles. The molecular formula is C20H16N6O4. The van der Waals surface area contributed by atoms with Crippen molar-refractivity contribution in [3.05, 3.63) is 46.5 Å². The lowest BCUT2D eigenvalue weighted by Crippen LogP contribution is -2.45. The summed E-state index contributed by atoms with van der Waals surface area (Å²) in [7, 11) is 0. The Kier molecular flexibility index (Phi) is 5.34. The first-order valence-corrected chi connectivity index (χ1v) is 8.83. The summed E-state index contributed by atoms with van der Waals surface area (Å²) < 4.78 is 0. The molecule has 1 atom stereocenters. The first kappa shape index (κ1) is 20.3. The summed E-state index contributed by atoms with van der Waals surface area (Å²) in [4.78, 5) is 40.8. The summed E-state index contributed by atoms with van der Waals surface area (Å²) in [5, 5.41) is 27.3. The van der Waals surface area contributed by atoms with E-state index in [9.17, 15) is 19.6 Å². The van der Waals surface area contributed by atoms with Crippen molar-refractivity contribution in [2.45, 2.75) is 25.4 Å². The number of primary amides is 1. The molecule has 30 heavy (non-hydrogen) atoms. The molecule has 0 fully saturated rings. The highest BCUT2D eigenvalue weighted by molar-refractivity contribution is 6.01. The zero-order valence-electron chi connectivity index (χ0n) is 15.6. The van der Waals surface area contributed by atoms with E-state index >= 15 is 0 Å². The van der Waals surface area contributed by atoms with E-state index in [4.69, 9.17) is 21.8 Å². The van der Waals surface area contributed by atoms with Gasteiger partial charge in [-0.05, 0) is 30.2 Å². The smallest absolute Gasteiger partial charge is 0.303 e. The number of aliphatic carboxylic acids is 1. The van der Waals surface area contributed by atoms with Gasteiger partial charge in [-0.25, -0.2) is 4.98 Å². The van der Waals surface area contributed by atoms with Crippen LogP contribution in [0, 0.1) is 22.7 Å². The molecule has 2 aromatic rings. The van der Waals surface area contributed by atoms with Gasteiger partial charge in [0.1, 0.15) is 24.0 Å². The Hall–Kier alpha value is -4.44. The van der Waals surface area contributed by atoms with Crippen molar-refractivity contribution >= 4 is 23.6 Å². The number of fused-ring (bicyclic) bond motifs is 1. The number of nitrogens with two attached hydrogens (primary N) is 2. The average Bonchev–Trinajstić information content (AvgIpc) is 3.03. The van der Waals surface area contributed by atoms with Crippen LogP contribution < -0.4 is 11.5 Å². The number of nitrogen functional groups attached to an aromatic ring is 1. The van der Waals surface area contributed by atoms with Crippen LogP contribution in [0.25, 0.3) is 11.3 Å². The van der Waals surface area contributed by atoms with Crippen LogP contribution in [0.5, 0.6) is 0 Å². The number of hydrogen-bond donors (Lipinski definition) is 3. The van der Waals surface area contributed by atoms with Crippen molar-refractivity contribution in [2.24, 2.45) is 5.73 Å². The van der Waals surface area contributed by atoms with Crippen molar-refractivity contribution in [2.75, 3.05) is 5.73 Å². The number of aromatic nitrogens is 1. The lowest BCUT2D eigenvalue weighted by atomic mass is 10.00. The largest absolute Gasteiger partial charge is 0.481 e. The van der Waals surface area contributed by atoms with Crippen LogP contribution in [-0.4, -0.2) is 38.8 Å². The second-order valence-electron chi connectivity index (χ2n) is 6.70. The number of amides is 2. The second-order valence-corrected chi connectivity index (χ2v) is 6.70. The number of carboxylic acids is 1. The van der Waals surface area contributed by atoms with Gasteiger partial charge in [0.05, 0.1) is 16.8 Å². The number of nitrogens with zero attached hydrogens (tertiary/aromatic N) is 4. The molecule has 5 N–H and O–H groups in total. The highest BCUT2D eigenvalue weighted by atomic mass is 16.4. The second kappa shape index (κ2) is 7.89. The van der Waals surface area contributed by atoms with Crippen LogP contribution in [0.15, 0.2) is 24.3 Å². The zero-order chi connectivity index (χ0) is 22.0. The number of carbonyl (C=O) groups is 3. The van der Waals surface area contributed by atoms with Crippen LogP contribution in [-0.2, 0) is 16.1 Å². The van der Waals surface area contributed by atoms with Gasteiger partial charge >= 0.3 is 5.97 Å². The topological polar surface area (TPSA) is 187 Å². The fourth-order valence-corrected chi connectivity index (χ4v) is 3.38. The Bertz CT molecular complexity index is 1160. The molecule has 1 aliphatic heterocycles. The number of hydrogen-bond acceptors (Lipinski definition) is 7. The van der Waals surface area contributed by atoms with E-state index in [0.29, 0.717) is 16.7 Å². The first-order chi connectivity index (χ1) is 14.3. The van der Waals surface area contributed by atoms with Crippen LogP contribution >= 0.6 is 0 Å². The van der Waals surface area contributed by atoms with Crippen LogP contribution in [0.4, 0.5) is 5.82 Å². The molecule has 2 heterocycles. The van der Waals surface area contributed by atoms with Gasteiger partial charge in [-0.2, -0.15) is 10.5 Å². The summed E-state index contributed by atoms with van der Waals surface area (Å²) in [6.45, 7) is 0.0584. The van der Waals surface area contributed by atoms with Gasteiger partial charge < -0.3 is 21.5 Å². The van der Waals surface area contributed by atoms with E-state index in [1.165, 1.54) is 11.0 Å². The molecule has 0 bridgehead atoms. The summed E-state index contributed by atoms with van der Waals surface area (Å²) in [5.41, 5.74) is 13.1. The summed E-state index contributed by atoms with van der Waals surface area (Å²) in [5.74, 6) is -2.34. The summed E-state index contributed by atoms with van der Waals surface area (Å²) in [6, 6.07) is 8.92. The number of carbonyl (C=O) groups excluding carboxylic acids is 2. The number of benzene rings is 1. The minimum atomic E-state index is -1.10. The normalized spacial score (nSPS) is 13.3. The number of pyridine rings is 1. The monoisotopic (exact) mass is 404 g/mol. The Balaban J connectivity index is 1.98. The molecule has 0 saturated heterocycles. The molecule has 150 valence electrons. The molecule has 1 unspecified atom stereocenters. The number of carboxylic acid groups (broad SMARTS) is 1. The molecule has 10 heteroatoms. The predicted molar refractivity (Wildman–Crippen MR) is 103 cm³/mol. The quantitative estimate of drug-likeness (QED) is 0.628. The molecular weight excluding hydrogens is 388 g/mol. The fraction of sp³-hybridized carbons (Fsp3) is 0.200. The minimum Gasteiger partial charge on any atom is -0.481 e. The Morgan fingerprint density at radius 2 is 1.93 bits per heavy atom. The van der Waals surface area contributed by atoms with Gasteiger partial charge in [-0.15, -0.1) is 0 Å². The first-order valence-electron chi connectivity index (χ1n) is 8.83. The third-order valence-corrected chi connectivity index (χ3v) is 4.84. The molecule has 0 spiro atoms. The van der Waals surface area contributed by atoms with E-state index < -0.39 is 23.8 Å². The standard InChI is InChI=1S/C20H16N6O4/c21-7-11-6-12(8-22)18(23)25-17(11)10-1-2-14-13(5-10)9-26(20(14)30)15(19(24)29)3-4-16(27)28/h1-2,5-6,15H,3-4,9H2,(H2,23,25)(H2,24,29)(H,27,28). The van der Waals surface area contributed by atoms with Crippen LogP contribution in [0.2, 0.25) is 0 Å². The lowest BCUT2D eigenvalue weighted by Gasteiger charge is -2.24. The van der Waals surface area contributed by atoms with E-state index in [0.717, 1.165) is 0 Å². The van der Waals surface area contributed by atoms with E-state index in [1.54, 1.807) is 18.2 Å². The van der Waals surface area contributed by atoms with E-state index in [1.807, 2.05) is 12.1 Å². The third kappa shape index (κ3) is 3.62. The SMILES string of the molecule is N#Cc1cc(C#N)c(-c2ccc3c(c2)CN(C(CCC(=O)O)C(N)=O)C3=O)nc1N. The van der Waals surface area contributed by atoms with E-state index in [2.05, 4.69) is 4.98 Å². The van der Waals surface area contributed by atoms with Crippen molar-refractivity contribution in [1.82, 2.24) is 9.88 Å². The molecule has 2 amide bonds. The molecule has 1 aromatic carbocycles. The predicted octanol–water partition coefficient (Wildman–Crippen LogP) is 0.749. The molecule has 3 rings (SSSR count). The van der Waals surface area contributed by atoms with Crippen LogP contribution in [0.3, 0.4) is 0 Å². The average molecular weight is 404 g/mol. The van der Waals surface area contributed by atoms with Crippen LogP contribution in [0.1, 0.15) is 39.9 Å². The highest BCUT2D eigenvalue weighted by Crippen LogP contribution is 2.32. The molecule has 0 aliphatic carbocycles. The number of nitriles is 2. The lowest BCUT2D eigenvalue weighted by molar-refractivity contribution is -0.137. The van der Waals surface area contributed by atoms with E-state index in [-0.39, 0.29) is 42.0 Å². The van der Waals surface area contributed by atoms with Gasteiger partial charge in [0.15, 0.2) is 0 Å².